The van der Waals surface area contributed by atoms with Crippen LogP contribution in [0, 0.1) is 17.8 Å². The topological polar surface area (TPSA) is 55.8 Å². The Labute approximate surface area is 122 Å². The fourth-order valence-corrected chi connectivity index (χ4v) is 3.03. The average molecular weight is 284 g/mol. The van der Waals surface area contributed by atoms with Gasteiger partial charge in [-0.25, -0.2) is 0 Å². The first-order valence-corrected chi connectivity index (χ1v) is 7.42. The van der Waals surface area contributed by atoms with Gasteiger partial charge in [0.1, 0.15) is 6.10 Å². The van der Waals surface area contributed by atoms with E-state index in [-0.39, 0.29) is 36.6 Å². The van der Waals surface area contributed by atoms with Gasteiger partial charge in [0.2, 0.25) is 0 Å². The zero-order valence-electron chi connectivity index (χ0n) is 13.3. The Kier molecular flexibility index (Phi) is 6.69. The van der Waals surface area contributed by atoms with Crippen LogP contribution in [0.15, 0.2) is 11.6 Å². The lowest BCUT2D eigenvalue weighted by Gasteiger charge is -2.31. The van der Waals surface area contributed by atoms with Crippen molar-refractivity contribution in [2.45, 2.75) is 52.7 Å². The smallest absolute Gasteiger partial charge is 0.306 e. The maximum atomic E-state index is 11.4. The first-order valence-electron chi connectivity index (χ1n) is 7.42. The van der Waals surface area contributed by atoms with E-state index in [4.69, 9.17) is 9.47 Å². The summed E-state index contributed by atoms with van der Waals surface area (Å²) in [6.07, 6.45) is 3.34. The van der Waals surface area contributed by atoms with E-state index in [9.17, 15) is 9.90 Å². The lowest BCUT2D eigenvalue weighted by Crippen LogP contribution is -2.33. The summed E-state index contributed by atoms with van der Waals surface area (Å²) in [6.45, 7) is 8.26. The van der Waals surface area contributed by atoms with Gasteiger partial charge in [-0.2, -0.15) is 0 Å². The summed E-state index contributed by atoms with van der Waals surface area (Å²) >= 11 is 0. The number of rotatable bonds is 6. The van der Waals surface area contributed by atoms with Crippen LogP contribution < -0.4 is 0 Å². The van der Waals surface area contributed by atoms with E-state index in [0.29, 0.717) is 12.3 Å². The number of ether oxygens (including phenoxy) is 2. The zero-order valence-corrected chi connectivity index (χ0v) is 13.3. The van der Waals surface area contributed by atoms with Crippen LogP contribution >= 0.6 is 0 Å². The number of cyclic esters (lactones) is 1. The molecule has 1 rings (SSSR count). The lowest BCUT2D eigenvalue weighted by molar-refractivity contribution is -0.154. The highest BCUT2D eigenvalue weighted by atomic mass is 16.5. The summed E-state index contributed by atoms with van der Waals surface area (Å²) in [6, 6.07) is 0. The molecule has 4 heteroatoms. The number of carbonyl (C=O) groups excluding carboxylic acids is 1. The standard InChI is InChI=1S/C16H28O4/c1-10-6-7-14(18)20-16(10)12(3)8-11(2)15(19-5)13(4)9-17/h8,10-11,13,15-17H,6-7,9H2,1-5H3/b12-8+/t10-,11+,13+,15-,16+/m1/s1. The van der Waals surface area contributed by atoms with E-state index >= 15 is 0 Å². The zero-order chi connectivity index (χ0) is 15.3. The van der Waals surface area contributed by atoms with Crippen molar-refractivity contribution in [2.75, 3.05) is 13.7 Å². The highest BCUT2D eigenvalue weighted by molar-refractivity contribution is 5.70. The van der Waals surface area contributed by atoms with Crippen LogP contribution in [0.1, 0.15) is 40.5 Å². The molecule has 0 aromatic rings. The third-order valence-electron chi connectivity index (χ3n) is 4.19. The molecule has 1 aliphatic rings. The number of hydrogen-bond acceptors (Lipinski definition) is 4. The molecule has 1 fully saturated rings. The van der Waals surface area contributed by atoms with Crippen molar-refractivity contribution in [1.82, 2.24) is 0 Å². The molecule has 0 aromatic heterocycles. The Hall–Kier alpha value is -0.870. The highest BCUT2D eigenvalue weighted by Gasteiger charge is 2.30. The van der Waals surface area contributed by atoms with E-state index in [1.807, 2.05) is 13.8 Å². The number of aliphatic hydroxyl groups excluding tert-OH is 1. The largest absolute Gasteiger partial charge is 0.458 e. The second-order valence-electron chi connectivity index (χ2n) is 6.06. The van der Waals surface area contributed by atoms with Crippen LogP contribution in [0.25, 0.3) is 0 Å². The van der Waals surface area contributed by atoms with E-state index in [0.717, 1.165) is 12.0 Å². The number of hydrogen-bond donors (Lipinski definition) is 1. The molecule has 1 heterocycles. The van der Waals surface area contributed by atoms with Crippen LogP contribution in [0.3, 0.4) is 0 Å². The molecular formula is C16H28O4. The Balaban J connectivity index is 2.77. The minimum absolute atomic E-state index is 0.0375. The SMILES string of the molecule is CO[C@H]([C@@H](C)/C=C(\C)[C@H]1OC(=O)CC[C@H]1C)[C@@H](C)CO. The van der Waals surface area contributed by atoms with Crippen molar-refractivity contribution < 1.29 is 19.4 Å². The molecule has 1 saturated heterocycles. The van der Waals surface area contributed by atoms with Gasteiger partial charge >= 0.3 is 5.97 Å². The predicted molar refractivity (Wildman–Crippen MR) is 78.2 cm³/mol. The van der Waals surface area contributed by atoms with Gasteiger partial charge in [-0.3, -0.25) is 4.79 Å². The highest BCUT2D eigenvalue weighted by Crippen LogP contribution is 2.28. The fraction of sp³-hybridized carbons (Fsp3) is 0.812. The van der Waals surface area contributed by atoms with E-state index in [1.165, 1.54) is 0 Å². The second kappa shape index (κ2) is 7.79. The minimum atomic E-state index is -0.124. The third-order valence-corrected chi connectivity index (χ3v) is 4.19. The van der Waals surface area contributed by atoms with E-state index in [2.05, 4.69) is 19.9 Å². The normalized spacial score (nSPS) is 28.7. The minimum Gasteiger partial charge on any atom is -0.458 e. The second-order valence-corrected chi connectivity index (χ2v) is 6.06. The first-order chi connectivity index (χ1) is 9.40. The van der Waals surface area contributed by atoms with E-state index in [1.54, 1.807) is 7.11 Å². The molecule has 1 aliphatic heterocycles. The predicted octanol–water partition coefficient (Wildman–Crippen LogP) is 2.55. The van der Waals surface area contributed by atoms with Gasteiger partial charge in [0.25, 0.3) is 0 Å². The van der Waals surface area contributed by atoms with Gasteiger partial charge in [0.05, 0.1) is 6.10 Å². The monoisotopic (exact) mass is 284 g/mol. The van der Waals surface area contributed by atoms with Gasteiger partial charge < -0.3 is 14.6 Å². The molecule has 116 valence electrons. The first kappa shape index (κ1) is 17.2. The Morgan fingerprint density at radius 3 is 2.75 bits per heavy atom. The summed E-state index contributed by atoms with van der Waals surface area (Å²) in [5.41, 5.74) is 1.07. The quantitative estimate of drug-likeness (QED) is 0.601. The molecule has 0 unspecified atom stereocenters. The van der Waals surface area contributed by atoms with Crippen molar-refractivity contribution in [3.63, 3.8) is 0 Å². The van der Waals surface area contributed by atoms with Gasteiger partial charge in [0, 0.05) is 32.0 Å². The van der Waals surface area contributed by atoms with Gasteiger partial charge in [-0.05, 0) is 24.8 Å². The molecular weight excluding hydrogens is 256 g/mol. The maximum absolute atomic E-state index is 11.4. The summed E-state index contributed by atoms with van der Waals surface area (Å²) in [5, 5.41) is 9.27. The van der Waals surface area contributed by atoms with E-state index < -0.39 is 0 Å². The Bertz CT molecular complexity index is 350. The number of esters is 1. The fourth-order valence-electron chi connectivity index (χ4n) is 3.03. The van der Waals surface area contributed by atoms with Crippen molar-refractivity contribution in [2.24, 2.45) is 17.8 Å². The number of methoxy groups -OCH3 is 1. The molecule has 0 spiro atoms. The maximum Gasteiger partial charge on any atom is 0.306 e. The van der Waals surface area contributed by atoms with Crippen LogP contribution in [0.4, 0.5) is 0 Å². The van der Waals surface area contributed by atoms with Gasteiger partial charge in [-0.1, -0.05) is 26.8 Å². The molecule has 5 atom stereocenters. The van der Waals surface area contributed by atoms with Gasteiger partial charge in [-0.15, -0.1) is 0 Å². The molecule has 1 N–H and O–H groups in total. The van der Waals surface area contributed by atoms with Crippen molar-refractivity contribution in [1.29, 1.82) is 0 Å². The molecule has 0 aliphatic carbocycles. The average Bonchev–Trinajstić information content (AvgIpc) is 2.41. The van der Waals surface area contributed by atoms with Crippen LogP contribution in [-0.4, -0.2) is 37.0 Å². The Morgan fingerprint density at radius 1 is 1.55 bits per heavy atom. The number of carbonyl (C=O) groups is 1. The van der Waals surface area contributed by atoms with Crippen molar-refractivity contribution in [3.05, 3.63) is 11.6 Å². The molecule has 0 aromatic carbocycles. The molecule has 0 radical (unpaired) electrons. The van der Waals surface area contributed by atoms with Crippen LogP contribution in [0.2, 0.25) is 0 Å². The molecule has 0 bridgehead atoms. The van der Waals surface area contributed by atoms with Crippen LogP contribution in [0.5, 0.6) is 0 Å². The molecule has 4 nitrogen and oxygen atoms in total. The Morgan fingerprint density at radius 2 is 2.20 bits per heavy atom. The lowest BCUT2D eigenvalue weighted by atomic mass is 9.87. The van der Waals surface area contributed by atoms with Crippen molar-refractivity contribution >= 4 is 5.97 Å². The third kappa shape index (κ3) is 4.32. The summed E-state index contributed by atoms with van der Waals surface area (Å²) in [5.74, 6) is 0.480. The van der Waals surface area contributed by atoms with Crippen molar-refractivity contribution in [3.8, 4) is 0 Å². The molecule has 20 heavy (non-hydrogen) atoms. The van der Waals surface area contributed by atoms with Gasteiger partial charge in [0.15, 0.2) is 0 Å². The number of aliphatic hydroxyl groups is 1. The summed E-state index contributed by atoms with van der Waals surface area (Å²) in [7, 11) is 1.67. The molecule has 0 saturated carbocycles. The summed E-state index contributed by atoms with van der Waals surface area (Å²) < 4.78 is 11.0. The molecule has 0 amide bonds. The van der Waals surface area contributed by atoms with Crippen LogP contribution in [-0.2, 0) is 14.3 Å². The summed E-state index contributed by atoms with van der Waals surface area (Å²) in [4.78, 5) is 11.4.